The van der Waals surface area contributed by atoms with Gasteiger partial charge in [0.25, 0.3) is 0 Å². The van der Waals surface area contributed by atoms with Crippen molar-refractivity contribution in [2.24, 2.45) is 11.8 Å². The molecule has 1 aromatic heterocycles. The Labute approximate surface area is 158 Å². The van der Waals surface area contributed by atoms with E-state index in [1.807, 2.05) is 18.2 Å². The second-order valence-corrected chi connectivity index (χ2v) is 7.91. The monoisotopic (exact) mass is 421 g/mol. The summed E-state index contributed by atoms with van der Waals surface area (Å²) >= 11 is 3.49. The van der Waals surface area contributed by atoms with Crippen LogP contribution in [0.4, 0.5) is 0 Å². The molecule has 4 atom stereocenters. The molecule has 1 saturated carbocycles. The van der Waals surface area contributed by atoms with E-state index >= 15 is 0 Å². The number of aromatic amines is 1. The van der Waals surface area contributed by atoms with Gasteiger partial charge in [0.05, 0.1) is 11.7 Å². The Kier molecular flexibility index (Phi) is 4.90. The van der Waals surface area contributed by atoms with Crippen molar-refractivity contribution in [1.29, 1.82) is 0 Å². The smallest absolute Gasteiger partial charge is 0.320 e. The third kappa shape index (κ3) is 3.59. The van der Waals surface area contributed by atoms with Crippen molar-refractivity contribution < 1.29 is 14.6 Å². The quantitative estimate of drug-likeness (QED) is 0.693. The van der Waals surface area contributed by atoms with Crippen LogP contribution in [0.3, 0.4) is 0 Å². The van der Waals surface area contributed by atoms with Gasteiger partial charge in [-0.05, 0) is 72.7 Å². The molecule has 2 aromatic rings. The highest BCUT2D eigenvalue weighted by Crippen LogP contribution is 2.39. The molecule has 0 spiro atoms. The lowest BCUT2D eigenvalue weighted by molar-refractivity contribution is -0.141. The molecule has 9 heteroatoms. The van der Waals surface area contributed by atoms with Gasteiger partial charge in [-0.1, -0.05) is 15.9 Å². The number of piperidine rings is 1. The maximum Gasteiger partial charge on any atom is 0.320 e. The summed E-state index contributed by atoms with van der Waals surface area (Å²) in [6.07, 6.45) is 3.60. The number of hydrogen-bond donors (Lipinski definition) is 3. The van der Waals surface area contributed by atoms with Crippen molar-refractivity contribution in [3.63, 3.8) is 0 Å². The highest BCUT2D eigenvalue weighted by Gasteiger charge is 2.38. The maximum atomic E-state index is 11.3. The minimum Gasteiger partial charge on any atom is -0.490 e. The van der Waals surface area contributed by atoms with Crippen LogP contribution in [0.1, 0.15) is 25.7 Å². The molecule has 138 valence electrons. The first-order valence-corrected chi connectivity index (χ1v) is 9.56. The Morgan fingerprint density at radius 3 is 2.92 bits per heavy atom. The Hall–Kier alpha value is -2.00. The van der Waals surface area contributed by atoms with Gasteiger partial charge in [-0.15, -0.1) is 5.10 Å². The summed E-state index contributed by atoms with van der Waals surface area (Å²) in [5.41, 5.74) is 0.814. The molecule has 0 amide bonds. The number of hydrogen-bond acceptors (Lipinski definition) is 6. The number of carboxylic acid groups (broad SMARTS) is 1. The third-order valence-corrected chi connectivity index (χ3v) is 5.89. The lowest BCUT2D eigenvalue weighted by Crippen LogP contribution is -2.50. The van der Waals surface area contributed by atoms with Gasteiger partial charge in [-0.25, -0.2) is 5.10 Å². The van der Waals surface area contributed by atoms with Crippen LogP contribution < -0.4 is 10.1 Å². The molecule has 2 heterocycles. The number of aliphatic carboxylic acids is 1. The minimum absolute atomic E-state index is 0.0627. The normalized spacial score (nSPS) is 28.3. The van der Waals surface area contributed by atoms with Crippen molar-refractivity contribution in [3.8, 4) is 17.1 Å². The van der Waals surface area contributed by atoms with Gasteiger partial charge in [0.15, 0.2) is 5.82 Å². The molecular formula is C17H20BrN5O3. The fourth-order valence-electron chi connectivity index (χ4n) is 4.06. The Balaban J connectivity index is 1.50. The van der Waals surface area contributed by atoms with Crippen LogP contribution >= 0.6 is 15.9 Å². The molecule has 8 nitrogen and oxygen atoms in total. The SMILES string of the molecule is O=C(O)[C@@H]1C[C@H]2C[C@@H](Oc3cc(Br)ccc3-c3nnn[nH]3)CC[C@H]2CN1. The van der Waals surface area contributed by atoms with E-state index in [0.717, 1.165) is 41.6 Å². The standard InChI is InChI=1S/C17H20BrN5O3/c18-11-2-4-13(16-20-22-23-21-16)15(7-11)26-12-3-1-9-8-19-14(17(24)25)6-10(9)5-12/h2,4,7,9-10,12,14,19H,1,3,5-6,8H2,(H,24,25)(H,20,21,22,23)/t9-,10+,12-,14-/m0/s1. The molecule has 26 heavy (non-hydrogen) atoms. The molecular weight excluding hydrogens is 402 g/mol. The Morgan fingerprint density at radius 1 is 1.27 bits per heavy atom. The number of ether oxygens (including phenoxy) is 1. The van der Waals surface area contributed by atoms with Crippen LogP contribution in [0.5, 0.6) is 5.75 Å². The number of benzene rings is 1. The second-order valence-electron chi connectivity index (χ2n) is 7.00. The van der Waals surface area contributed by atoms with Gasteiger partial charge in [-0.2, -0.15) is 0 Å². The molecule has 0 radical (unpaired) electrons. The number of nitrogens with one attached hydrogen (secondary N) is 2. The molecule has 4 rings (SSSR count). The molecule has 1 aliphatic carbocycles. The lowest BCUT2D eigenvalue weighted by atomic mass is 9.72. The minimum atomic E-state index is -0.765. The van der Waals surface area contributed by atoms with E-state index in [1.165, 1.54) is 0 Å². The molecule has 2 fully saturated rings. The van der Waals surface area contributed by atoms with E-state index in [1.54, 1.807) is 0 Å². The van der Waals surface area contributed by atoms with Gasteiger partial charge < -0.3 is 15.2 Å². The number of rotatable bonds is 4. The number of H-pyrrole nitrogens is 1. The zero-order valence-electron chi connectivity index (χ0n) is 14.1. The van der Waals surface area contributed by atoms with Crippen LogP contribution in [0.25, 0.3) is 11.4 Å². The Morgan fingerprint density at radius 2 is 2.15 bits per heavy atom. The van der Waals surface area contributed by atoms with Crippen molar-refractivity contribution in [3.05, 3.63) is 22.7 Å². The average Bonchev–Trinajstić information content (AvgIpc) is 3.15. The fourth-order valence-corrected chi connectivity index (χ4v) is 4.40. The van der Waals surface area contributed by atoms with E-state index in [-0.39, 0.29) is 6.10 Å². The largest absolute Gasteiger partial charge is 0.490 e. The van der Waals surface area contributed by atoms with E-state index in [9.17, 15) is 9.90 Å². The number of carboxylic acids is 1. The fraction of sp³-hybridized carbons (Fsp3) is 0.529. The lowest BCUT2D eigenvalue weighted by Gasteiger charge is -2.41. The molecule has 1 saturated heterocycles. The average molecular weight is 422 g/mol. The number of aromatic nitrogens is 4. The predicted molar refractivity (Wildman–Crippen MR) is 96.6 cm³/mol. The van der Waals surface area contributed by atoms with Crippen LogP contribution in [0, 0.1) is 11.8 Å². The maximum absolute atomic E-state index is 11.3. The van der Waals surface area contributed by atoms with Crippen molar-refractivity contribution in [2.45, 2.75) is 37.8 Å². The summed E-state index contributed by atoms with van der Waals surface area (Å²) in [5.74, 6) is 1.43. The third-order valence-electron chi connectivity index (χ3n) is 5.39. The topological polar surface area (TPSA) is 113 Å². The summed E-state index contributed by atoms with van der Waals surface area (Å²) in [6.45, 7) is 0.778. The first-order chi connectivity index (χ1) is 12.6. The number of fused-ring (bicyclic) bond motifs is 1. The van der Waals surface area contributed by atoms with Gasteiger partial charge in [0, 0.05) is 4.47 Å². The van der Waals surface area contributed by atoms with Gasteiger partial charge in [0.2, 0.25) is 0 Å². The highest BCUT2D eigenvalue weighted by atomic mass is 79.9. The first-order valence-electron chi connectivity index (χ1n) is 8.76. The number of carbonyl (C=O) groups is 1. The van der Waals surface area contributed by atoms with Crippen LogP contribution in [0.2, 0.25) is 0 Å². The first kappa shape index (κ1) is 17.4. The van der Waals surface area contributed by atoms with Crippen molar-refractivity contribution >= 4 is 21.9 Å². The van der Waals surface area contributed by atoms with E-state index in [2.05, 4.69) is 41.9 Å². The predicted octanol–water partition coefficient (Wildman–Crippen LogP) is 2.24. The zero-order valence-corrected chi connectivity index (χ0v) is 15.6. The number of tetrazole rings is 1. The Bertz CT molecular complexity index is 785. The summed E-state index contributed by atoms with van der Waals surface area (Å²) in [4.78, 5) is 11.3. The zero-order chi connectivity index (χ0) is 18.1. The van der Waals surface area contributed by atoms with Crippen LogP contribution in [-0.4, -0.2) is 50.4 Å². The van der Waals surface area contributed by atoms with E-state index in [0.29, 0.717) is 24.1 Å². The summed E-state index contributed by atoms with van der Waals surface area (Å²) in [7, 11) is 0. The summed E-state index contributed by atoms with van der Waals surface area (Å²) < 4.78 is 7.24. The number of halogens is 1. The van der Waals surface area contributed by atoms with E-state index in [4.69, 9.17) is 4.74 Å². The van der Waals surface area contributed by atoms with Crippen LogP contribution in [-0.2, 0) is 4.79 Å². The molecule has 1 aromatic carbocycles. The molecule has 0 unspecified atom stereocenters. The van der Waals surface area contributed by atoms with E-state index < -0.39 is 12.0 Å². The van der Waals surface area contributed by atoms with Crippen LogP contribution in [0.15, 0.2) is 22.7 Å². The molecule has 0 bridgehead atoms. The summed E-state index contributed by atoms with van der Waals surface area (Å²) in [5, 5.41) is 26.5. The highest BCUT2D eigenvalue weighted by molar-refractivity contribution is 9.10. The number of nitrogens with zero attached hydrogens (tertiary/aromatic N) is 3. The van der Waals surface area contributed by atoms with Gasteiger partial charge in [-0.3, -0.25) is 4.79 Å². The van der Waals surface area contributed by atoms with Crippen molar-refractivity contribution in [1.82, 2.24) is 25.9 Å². The summed E-state index contributed by atoms with van der Waals surface area (Å²) in [6, 6.07) is 5.31. The molecule has 3 N–H and O–H groups in total. The second kappa shape index (κ2) is 7.32. The van der Waals surface area contributed by atoms with Gasteiger partial charge >= 0.3 is 5.97 Å². The van der Waals surface area contributed by atoms with Gasteiger partial charge in [0.1, 0.15) is 11.8 Å². The van der Waals surface area contributed by atoms with Crippen molar-refractivity contribution in [2.75, 3.05) is 6.54 Å². The molecule has 1 aliphatic heterocycles. The molecule has 2 aliphatic rings.